The van der Waals surface area contributed by atoms with Crippen molar-refractivity contribution in [1.82, 2.24) is 19.7 Å². The monoisotopic (exact) mass is 437 g/mol. The minimum absolute atomic E-state index is 0.0270. The number of likely N-dealkylation sites (tertiary alicyclic amines) is 1. The van der Waals surface area contributed by atoms with Crippen LogP contribution in [0, 0.1) is 5.92 Å². The molecule has 7 nitrogen and oxygen atoms in total. The lowest BCUT2D eigenvalue weighted by molar-refractivity contribution is -0.174. The van der Waals surface area contributed by atoms with E-state index in [9.17, 15) is 18.0 Å². The quantitative estimate of drug-likeness (QED) is 0.720. The summed E-state index contributed by atoms with van der Waals surface area (Å²) < 4.78 is 47.5. The van der Waals surface area contributed by atoms with Crippen LogP contribution in [0.2, 0.25) is 0 Å². The topological polar surface area (TPSA) is 72.3 Å². The number of fused-ring (bicyclic) bond motifs is 1. The molecule has 10 heteroatoms. The van der Waals surface area contributed by atoms with Gasteiger partial charge in [0.25, 0.3) is 0 Å². The van der Waals surface area contributed by atoms with E-state index < -0.39 is 24.2 Å². The van der Waals surface area contributed by atoms with Gasteiger partial charge in [0.15, 0.2) is 6.04 Å². The van der Waals surface area contributed by atoms with Crippen LogP contribution in [0.25, 0.3) is 0 Å². The van der Waals surface area contributed by atoms with Crippen LogP contribution >= 0.6 is 0 Å². The lowest BCUT2D eigenvalue weighted by atomic mass is 9.85. The number of nitrogens with zero attached hydrogens (tertiary/aromatic N) is 4. The molecule has 2 aliphatic heterocycles. The van der Waals surface area contributed by atoms with Crippen LogP contribution in [0.3, 0.4) is 0 Å². The Balaban J connectivity index is 1.55. The molecule has 3 atom stereocenters. The van der Waals surface area contributed by atoms with Crippen LogP contribution in [0.15, 0.2) is 30.7 Å². The first-order chi connectivity index (χ1) is 14.9. The lowest BCUT2D eigenvalue weighted by Crippen LogP contribution is -2.48. The standard InChI is InChI=1S/C21H26F3N5O2/c1-2-31-20(30)16-11-26-29-18(21(22,23)24)10-17(27-19(16)29)15-4-3-9-28(13-15)12-14-5-7-25-8-6-14/h5-8,11,15,17-18,27H,2-4,9-10,12-13H2,1H3/t15?,17-,18+/m1/s1. The molecule has 0 aromatic carbocycles. The summed E-state index contributed by atoms with van der Waals surface area (Å²) in [5, 5.41) is 7.08. The molecule has 4 heterocycles. The molecule has 0 spiro atoms. The third-order valence-electron chi connectivity index (χ3n) is 6.03. The summed E-state index contributed by atoms with van der Waals surface area (Å²) in [7, 11) is 0. The van der Waals surface area contributed by atoms with Crippen molar-refractivity contribution in [2.75, 3.05) is 25.0 Å². The number of piperidine rings is 1. The molecule has 1 unspecified atom stereocenters. The van der Waals surface area contributed by atoms with E-state index >= 15 is 0 Å². The van der Waals surface area contributed by atoms with Crippen molar-refractivity contribution >= 4 is 11.8 Å². The van der Waals surface area contributed by atoms with Gasteiger partial charge in [-0.3, -0.25) is 9.88 Å². The Morgan fingerprint density at radius 3 is 2.81 bits per heavy atom. The molecular formula is C21H26F3N5O2. The predicted octanol–water partition coefficient (Wildman–Crippen LogP) is 3.65. The Labute approximate surface area is 178 Å². The highest BCUT2D eigenvalue weighted by molar-refractivity contribution is 5.94. The molecule has 0 saturated carbocycles. The maximum absolute atomic E-state index is 13.9. The second-order valence-electron chi connectivity index (χ2n) is 8.11. The minimum Gasteiger partial charge on any atom is -0.462 e. The first-order valence-electron chi connectivity index (χ1n) is 10.6. The Morgan fingerprint density at radius 1 is 1.32 bits per heavy atom. The zero-order valence-corrected chi connectivity index (χ0v) is 17.3. The largest absolute Gasteiger partial charge is 0.462 e. The van der Waals surface area contributed by atoms with Gasteiger partial charge in [-0.25, -0.2) is 9.48 Å². The first-order valence-corrected chi connectivity index (χ1v) is 10.6. The van der Waals surface area contributed by atoms with Crippen molar-refractivity contribution in [2.24, 2.45) is 5.92 Å². The molecule has 2 aliphatic rings. The summed E-state index contributed by atoms with van der Waals surface area (Å²) in [6.07, 6.45) is 1.81. The van der Waals surface area contributed by atoms with E-state index in [2.05, 4.69) is 20.3 Å². The molecule has 1 fully saturated rings. The normalized spacial score (nSPS) is 24.3. The summed E-state index contributed by atoms with van der Waals surface area (Å²) in [6.45, 7) is 4.12. The molecule has 0 aliphatic carbocycles. The molecule has 168 valence electrons. The number of esters is 1. The number of aromatic nitrogens is 3. The Morgan fingerprint density at radius 2 is 2.10 bits per heavy atom. The Hall–Kier alpha value is -2.62. The second kappa shape index (κ2) is 8.86. The molecule has 2 aromatic rings. The van der Waals surface area contributed by atoms with Crippen LogP contribution in [0.1, 0.15) is 48.1 Å². The van der Waals surface area contributed by atoms with Gasteiger partial charge in [0.1, 0.15) is 11.4 Å². The summed E-state index contributed by atoms with van der Waals surface area (Å²) >= 11 is 0. The van der Waals surface area contributed by atoms with Gasteiger partial charge < -0.3 is 10.1 Å². The fourth-order valence-corrected chi connectivity index (χ4v) is 4.57. The average Bonchev–Trinajstić information content (AvgIpc) is 3.17. The van der Waals surface area contributed by atoms with Crippen molar-refractivity contribution in [1.29, 1.82) is 0 Å². The zero-order valence-electron chi connectivity index (χ0n) is 17.3. The summed E-state index contributed by atoms with van der Waals surface area (Å²) in [5.74, 6) is -0.539. The van der Waals surface area contributed by atoms with E-state index in [1.807, 2.05) is 12.1 Å². The molecule has 1 N–H and O–H groups in total. The zero-order chi connectivity index (χ0) is 22.0. The average molecular weight is 437 g/mol. The number of pyridine rings is 1. The van der Waals surface area contributed by atoms with Gasteiger partial charge in [-0.15, -0.1) is 0 Å². The fourth-order valence-electron chi connectivity index (χ4n) is 4.57. The van der Waals surface area contributed by atoms with Gasteiger partial charge in [0, 0.05) is 31.5 Å². The van der Waals surface area contributed by atoms with Gasteiger partial charge in [-0.2, -0.15) is 18.3 Å². The number of ether oxygens (including phenoxy) is 1. The number of rotatable bonds is 5. The van der Waals surface area contributed by atoms with E-state index in [1.54, 1.807) is 19.3 Å². The SMILES string of the molecule is CCOC(=O)c1cnn2c1N[C@@H](C1CCCN(Cc3ccncc3)C1)C[C@H]2C(F)(F)F. The van der Waals surface area contributed by atoms with E-state index in [1.165, 1.54) is 0 Å². The van der Waals surface area contributed by atoms with Crippen LogP contribution in [-0.2, 0) is 11.3 Å². The summed E-state index contributed by atoms with van der Waals surface area (Å²) in [4.78, 5) is 18.6. The smallest absolute Gasteiger partial charge is 0.410 e. The van der Waals surface area contributed by atoms with Crippen LogP contribution in [0.4, 0.5) is 19.0 Å². The van der Waals surface area contributed by atoms with Gasteiger partial charge in [0.05, 0.1) is 12.8 Å². The van der Waals surface area contributed by atoms with Crippen molar-refractivity contribution in [3.05, 3.63) is 41.9 Å². The number of carbonyl (C=O) groups excluding carboxylic acids is 1. The predicted molar refractivity (Wildman–Crippen MR) is 108 cm³/mol. The third kappa shape index (κ3) is 4.68. The third-order valence-corrected chi connectivity index (χ3v) is 6.03. The van der Waals surface area contributed by atoms with Crippen molar-refractivity contribution in [2.45, 2.75) is 51.0 Å². The molecular weight excluding hydrogens is 411 g/mol. The fraction of sp³-hybridized carbons (Fsp3) is 0.571. The highest BCUT2D eigenvalue weighted by atomic mass is 19.4. The number of halogens is 3. The van der Waals surface area contributed by atoms with Crippen molar-refractivity contribution < 1.29 is 22.7 Å². The van der Waals surface area contributed by atoms with Gasteiger partial charge in [-0.1, -0.05) is 0 Å². The Bertz CT molecular complexity index is 902. The van der Waals surface area contributed by atoms with E-state index in [0.29, 0.717) is 6.54 Å². The maximum atomic E-state index is 13.9. The second-order valence-corrected chi connectivity index (χ2v) is 8.11. The van der Waals surface area contributed by atoms with E-state index in [0.717, 1.165) is 42.4 Å². The van der Waals surface area contributed by atoms with Crippen LogP contribution in [0.5, 0.6) is 0 Å². The van der Waals surface area contributed by atoms with Crippen LogP contribution < -0.4 is 5.32 Å². The number of nitrogens with one attached hydrogen (secondary N) is 1. The summed E-state index contributed by atoms with van der Waals surface area (Å²) in [5.41, 5.74) is 1.17. The van der Waals surface area contributed by atoms with Gasteiger partial charge >= 0.3 is 12.1 Å². The number of carbonyl (C=O) groups is 1. The molecule has 1 saturated heterocycles. The van der Waals surface area contributed by atoms with Crippen LogP contribution in [-0.4, -0.2) is 57.5 Å². The maximum Gasteiger partial charge on any atom is 0.410 e. The van der Waals surface area contributed by atoms with Crippen molar-refractivity contribution in [3.8, 4) is 0 Å². The van der Waals surface area contributed by atoms with Gasteiger partial charge in [-0.05, 0) is 56.3 Å². The van der Waals surface area contributed by atoms with Crippen molar-refractivity contribution in [3.63, 3.8) is 0 Å². The molecule has 31 heavy (non-hydrogen) atoms. The minimum atomic E-state index is -4.46. The number of anilines is 1. The highest BCUT2D eigenvalue weighted by Gasteiger charge is 2.48. The first kappa shape index (κ1) is 21.6. The molecule has 0 bridgehead atoms. The summed E-state index contributed by atoms with van der Waals surface area (Å²) in [6, 6.07) is 1.72. The van der Waals surface area contributed by atoms with Gasteiger partial charge in [0.2, 0.25) is 0 Å². The molecule has 4 rings (SSSR count). The number of hydrogen-bond donors (Lipinski definition) is 1. The number of hydrogen-bond acceptors (Lipinski definition) is 6. The molecule has 2 aromatic heterocycles. The highest BCUT2D eigenvalue weighted by Crippen LogP contribution is 2.42. The van der Waals surface area contributed by atoms with E-state index in [4.69, 9.17) is 4.74 Å². The number of alkyl halides is 3. The molecule has 0 amide bonds. The Kier molecular flexibility index (Phi) is 6.17. The molecule has 0 radical (unpaired) electrons. The lowest BCUT2D eigenvalue weighted by Gasteiger charge is -2.41. The van der Waals surface area contributed by atoms with E-state index in [-0.39, 0.29) is 30.3 Å².